The van der Waals surface area contributed by atoms with Gasteiger partial charge in [0.25, 0.3) is 5.91 Å². The Morgan fingerprint density at radius 2 is 1.77 bits per heavy atom. The number of para-hydroxylation sites is 1. The first-order valence-electron chi connectivity index (χ1n) is 9.46. The molecule has 2 aromatic carbocycles. The van der Waals surface area contributed by atoms with Crippen molar-refractivity contribution in [3.8, 4) is 0 Å². The fourth-order valence-electron chi connectivity index (χ4n) is 2.94. The van der Waals surface area contributed by atoms with E-state index >= 15 is 0 Å². The molecule has 2 amide bonds. The summed E-state index contributed by atoms with van der Waals surface area (Å²) < 4.78 is 10.3. The van der Waals surface area contributed by atoms with Gasteiger partial charge in [-0.1, -0.05) is 48.5 Å². The Bertz CT molecular complexity index is 1030. The van der Waals surface area contributed by atoms with Crippen LogP contribution in [-0.2, 0) is 32.1 Å². The Kier molecular flexibility index (Phi) is 6.69. The molecule has 30 heavy (non-hydrogen) atoms. The van der Waals surface area contributed by atoms with Crippen LogP contribution in [0.5, 0.6) is 0 Å². The summed E-state index contributed by atoms with van der Waals surface area (Å²) in [6.45, 7) is 1.43. The lowest BCUT2D eigenvalue weighted by Gasteiger charge is -2.19. The Labute approximate surface area is 173 Å². The van der Waals surface area contributed by atoms with Crippen molar-refractivity contribution in [2.24, 2.45) is 5.73 Å². The number of nitrogens with one attached hydrogen (secondary N) is 2. The van der Waals surface area contributed by atoms with Crippen molar-refractivity contribution < 1.29 is 23.9 Å². The number of hydrogen-bond donors (Lipinski definition) is 3. The first kappa shape index (κ1) is 20.9. The van der Waals surface area contributed by atoms with Crippen molar-refractivity contribution in [3.05, 3.63) is 71.9 Å². The fourth-order valence-corrected chi connectivity index (χ4v) is 2.94. The zero-order valence-electron chi connectivity index (χ0n) is 16.5. The summed E-state index contributed by atoms with van der Waals surface area (Å²) in [7, 11) is 0. The molecule has 156 valence electrons. The zero-order valence-corrected chi connectivity index (χ0v) is 16.5. The molecule has 0 aliphatic rings. The lowest BCUT2D eigenvalue weighted by molar-refractivity contribution is -0.155. The van der Waals surface area contributed by atoms with E-state index < -0.39 is 30.1 Å². The quantitative estimate of drug-likeness (QED) is 0.493. The van der Waals surface area contributed by atoms with Crippen molar-refractivity contribution in [2.75, 3.05) is 0 Å². The van der Waals surface area contributed by atoms with Crippen LogP contribution in [0.2, 0.25) is 0 Å². The zero-order chi connectivity index (χ0) is 21.5. The third-order valence-electron chi connectivity index (χ3n) is 4.58. The number of fused-ring (bicyclic) bond motifs is 1. The van der Waals surface area contributed by atoms with Crippen LogP contribution in [0.25, 0.3) is 10.9 Å². The maximum atomic E-state index is 12.6. The van der Waals surface area contributed by atoms with Gasteiger partial charge in [0.2, 0.25) is 0 Å². The average Bonchev–Trinajstić information content (AvgIpc) is 3.15. The van der Waals surface area contributed by atoms with E-state index in [4.69, 9.17) is 15.2 Å². The van der Waals surface area contributed by atoms with Gasteiger partial charge in [0.05, 0.1) is 0 Å². The number of benzene rings is 2. The molecule has 0 spiro atoms. The smallest absolute Gasteiger partial charge is 0.408 e. The van der Waals surface area contributed by atoms with E-state index in [-0.39, 0.29) is 13.0 Å². The van der Waals surface area contributed by atoms with E-state index in [0.29, 0.717) is 0 Å². The summed E-state index contributed by atoms with van der Waals surface area (Å²) in [5.41, 5.74) is 7.69. The third-order valence-corrected chi connectivity index (χ3v) is 4.58. The van der Waals surface area contributed by atoms with Crippen LogP contribution in [0.1, 0.15) is 18.1 Å². The number of ether oxygens (including phenoxy) is 2. The summed E-state index contributed by atoms with van der Waals surface area (Å²) in [6, 6.07) is 15.7. The molecule has 0 saturated carbocycles. The fraction of sp³-hybridized carbons (Fsp3) is 0.227. The Balaban J connectivity index is 1.72. The summed E-state index contributed by atoms with van der Waals surface area (Å²) in [6.07, 6.45) is 0.0197. The van der Waals surface area contributed by atoms with Crippen molar-refractivity contribution in [1.82, 2.24) is 10.3 Å². The van der Waals surface area contributed by atoms with Crippen molar-refractivity contribution in [1.29, 1.82) is 0 Å². The second kappa shape index (κ2) is 9.60. The topological polar surface area (TPSA) is 124 Å². The molecular formula is C22H23N3O5. The first-order chi connectivity index (χ1) is 14.4. The highest BCUT2D eigenvalue weighted by molar-refractivity contribution is 5.88. The number of aromatic nitrogens is 1. The molecule has 0 fully saturated rings. The summed E-state index contributed by atoms with van der Waals surface area (Å²) >= 11 is 0. The van der Waals surface area contributed by atoms with Gasteiger partial charge in [-0.05, 0) is 24.1 Å². The number of H-pyrrole nitrogens is 1. The normalized spacial score (nSPS) is 12.7. The summed E-state index contributed by atoms with van der Waals surface area (Å²) in [5.74, 6) is -1.55. The van der Waals surface area contributed by atoms with E-state index in [0.717, 1.165) is 22.0 Å². The highest BCUT2D eigenvalue weighted by atomic mass is 16.6. The molecule has 1 heterocycles. The van der Waals surface area contributed by atoms with E-state index in [9.17, 15) is 14.4 Å². The molecule has 1 aromatic heterocycles. The van der Waals surface area contributed by atoms with E-state index in [1.807, 2.05) is 54.6 Å². The number of hydrogen-bond acceptors (Lipinski definition) is 5. The van der Waals surface area contributed by atoms with E-state index in [1.165, 1.54) is 6.92 Å². The van der Waals surface area contributed by atoms with Gasteiger partial charge < -0.3 is 25.5 Å². The third kappa shape index (κ3) is 5.38. The lowest BCUT2D eigenvalue weighted by atomic mass is 10.1. The van der Waals surface area contributed by atoms with Crippen LogP contribution in [0.15, 0.2) is 60.8 Å². The van der Waals surface area contributed by atoms with Gasteiger partial charge in [0.1, 0.15) is 12.6 Å². The minimum atomic E-state index is -1.12. The van der Waals surface area contributed by atoms with Crippen LogP contribution in [0.4, 0.5) is 4.79 Å². The Morgan fingerprint density at radius 3 is 2.50 bits per heavy atom. The van der Waals surface area contributed by atoms with Gasteiger partial charge in [-0.3, -0.25) is 4.79 Å². The van der Waals surface area contributed by atoms with E-state index in [1.54, 1.807) is 6.20 Å². The molecule has 2 atom stereocenters. The number of esters is 1. The number of nitrogens with two attached hydrogens (primary N) is 1. The number of carbonyl (C=O) groups is 3. The number of carbonyl (C=O) groups excluding carboxylic acids is 3. The van der Waals surface area contributed by atoms with Crippen molar-refractivity contribution in [3.63, 3.8) is 0 Å². The summed E-state index contributed by atoms with van der Waals surface area (Å²) in [4.78, 5) is 39.3. The molecule has 0 aliphatic heterocycles. The number of aromatic amines is 1. The minimum Gasteiger partial charge on any atom is -0.451 e. The molecule has 0 unspecified atom stereocenters. The van der Waals surface area contributed by atoms with Crippen LogP contribution in [0.3, 0.4) is 0 Å². The molecule has 8 heteroatoms. The molecule has 3 aromatic rings. The maximum Gasteiger partial charge on any atom is 0.408 e. The number of rotatable bonds is 8. The second-order valence-corrected chi connectivity index (χ2v) is 6.80. The van der Waals surface area contributed by atoms with Crippen molar-refractivity contribution in [2.45, 2.75) is 32.1 Å². The Hall–Kier alpha value is -3.81. The van der Waals surface area contributed by atoms with Gasteiger partial charge >= 0.3 is 12.1 Å². The second-order valence-electron chi connectivity index (χ2n) is 6.80. The molecule has 0 radical (unpaired) electrons. The first-order valence-corrected chi connectivity index (χ1v) is 9.46. The molecule has 4 N–H and O–H groups in total. The van der Waals surface area contributed by atoms with Gasteiger partial charge in [-0.2, -0.15) is 0 Å². The van der Waals surface area contributed by atoms with Crippen LogP contribution in [0, 0.1) is 0 Å². The molecular weight excluding hydrogens is 386 g/mol. The maximum absolute atomic E-state index is 12.6. The van der Waals surface area contributed by atoms with Crippen LogP contribution >= 0.6 is 0 Å². The number of alkyl carbamates (subject to hydrolysis) is 1. The predicted octanol–water partition coefficient (Wildman–Crippen LogP) is 2.42. The highest BCUT2D eigenvalue weighted by Gasteiger charge is 2.27. The van der Waals surface area contributed by atoms with Gasteiger partial charge in [0, 0.05) is 23.5 Å². The molecule has 8 nitrogen and oxygen atoms in total. The highest BCUT2D eigenvalue weighted by Crippen LogP contribution is 2.19. The largest absolute Gasteiger partial charge is 0.451 e. The standard InChI is InChI=1S/C22H23N3O5/c1-14(20(23)26)30-21(27)19(11-16-12-24-18-10-6-5-9-17(16)18)25-22(28)29-13-15-7-3-2-4-8-15/h2-10,12,14,19,24H,11,13H2,1H3,(H2,23,26)(H,25,28)/t14-,19-/m0/s1. The van der Waals surface area contributed by atoms with Crippen molar-refractivity contribution >= 4 is 28.9 Å². The van der Waals surface area contributed by atoms with Crippen LogP contribution < -0.4 is 11.1 Å². The van der Waals surface area contributed by atoms with E-state index in [2.05, 4.69) is 10.3 Å². The molecule has 0 saturated heterocycles. The monoisotopic (exact) mass is 409 g/mol. The number of primary amides is 1. The molecule has 0 aliphatic carbocycles. The van der Waals surface area contributed by atoms with Gasteiger partial charge in [-0.15, -0.1) is 0 Å². The lowest BCUT2D eigenvalue weighted by Crippen LogP contribution is -2.45. The minimum absolute atomic E-state index is 0.0548. The molecule has 0 bridgehead atoms. The average molecular weight is 409 g/mol. The Morgan fingerprint density at radius 1 is 1.07 bits per heavy atom. The summed E-state index contributed by atoms with van der Waals surface area (Å²) in [5, 5.41) is 3.45. The SMILES string of the molecule is C[C@H](OC(=O)[C@H](Cc1c[nH]c2ccccc12)NC(=O)OCc1ccccc1)C(N)=O. The predicted molar refractivity (Wildman–Crippen MR) is 110 cm³/mol. The van der Waals surface area contributed by atoms with Crippen LogP contribution in [-0.4, -0.2) is 35.1 Å². The van der Waals surface area contributed by atoms with Gasteiger partial charge in [-0.25, -0.2) is 9.59 Å². The van der Waals surface area contributed by atoms with Gasteiger partial charge in [0.15, 0.2) is 6.10 Å². The number of amides is 2. The molecule has 3 rings (SSSR count).